The Bertz CT molecular complexity index is 694. The van der Waals surface area contributed by atoms with Gasteiger partial charge < -0.3 is 9.15 Å². The van der Waals surface area contributed by atoms with Crippen LogP contribution in [0.25, 0.3) is 11.5 Å². The van der Waals surface area contributed by atoms with Crippen LogP contribution in [0.2, 0.25) is 0 Å². The van der Waals surface area contributed by atoms with Crippen molar-refractivity contribution in [1.82, 2.24) is 15.1 Å². The summed E-state index contributed by atoms with van der Waals surface area (Å²) in [5, 5.41) is 18.9. The topological polar surface area (TPSA) is 94.5 Å². The Balaban J connectivity index is 1.68. The molecule has 0 amide bonds. The number of aromatic nitrogens is 2. The van der Waals surface area contributed by atoms with Gasteiger partial charge in [-0.2, -0.15) is 0 Å². The molecule has 0 N–H and O–H groups in total. The van der Waals surface area contributed by atoms with Gasteiger partial charge in [-0.3, -0.25) is 15.0 Å². The zero-order chi connectivity index (χ0) is 17.1. The summed E-state index contributed by atoms with van der Waals surface area (Å²) in [6, 6.07) is 6.06. The molecule has 0 saturated carbocycles. The van der Waals surface area contributed by atoms with Gasteiger partial charge in [0, 0.05) is 30.8 Å². The summed E-state index contributed by atoms with van der Waals surface area (Å²) in [6.45, 7) is 4.56. The van der Waals surface area contributed by atoms with Crippen molar-refractivity contribution in [2.45, 2.75) is 19.4 Å². The van der Waals surface area contributed by atoms with E-state index in [0.717, 1.165) is 26.2 Å². The molecule has 1 aliphatic rings. The van der Waals surface area contributed by atoms with Gasteiger partial charge in [-0.05, 0) is 38.4 Å². The fraction of sp³-hybridized carbons (Fsp3) is 0.500. The highest BCUT2D eigenvalue weighted by molar-refractivity contribution is 5.55. The van der Waals surface area contributed by atoms with E-state index in [1.807, 2.05) is 14.0 Å². The third-order valence-corrected chi connectivity index (χ3v) is 4.35. The molecule has 1 fully saturated rings. The van der Waals surface area contributed by atoms with Gasteiger partial charge in [-0.25, -0.2) is 0 Å². The van der Waals surface area contributed by atoms with Crippen molar-refractivity contribution in [3.8, 4) is 11.5 Å². The monoisotopic (exact) mass is 332 g/mol. The van der Waals surface area contributed by atoms with Crippen molar-refractivity contribution < 1.29 is 14.1 Å². The number of benzene rings is 1. The predicted molar refractivity (Wildman–Crippen MR) is 86.4 cm³/mol. The molecule has 24 heavy (non-hydrogen) atoms. The molecule has 8 heteroatoms. The van der Waals surface area contributed by atoms with Gasteiger partial charge in [0.25, 0.3) is 5.69 Å². The van der Waals surface area contributed by atoms with Crippen LogP contribution in [0.5, 0.6) is 0 Å². The van der Waals surface area contributed by atoms with E-state index in [1.165, 1.54) is 12.1 Å². The van der Waals surface area contributed by atoms with E-state index in [9.17, 15) is 10.1 Å². The number of ether oxygens (including phenoxy) is 1. The predicted octanol–water partition coefficient (Wildman–Crippen LogP) is 2.67. The van der Waals surface area contributed by atoms with Gasteiger partial charge in [0.2, 0.25) is 11.8 Å². The summed E-state index contributed by atoms with van der Waals surface area (Å²) < 4.78 is 11.2. The highest BCUT2D eigenvalue weighted by Gasteiger charge is 2.24. The lowest BCUT2D eigenvalue weighted by Gasteiger charge is -2.24. The maximum Gasteiger partial charge on any atom is 0.269 e. The molecular formula is C16H20N4O4. The number of nitro groups is 1. The number of nitro benzene ring substituents is 1. The van der Waals surface area contributed by atoms with Gasteiger partial charge in [0.15, 0.2) is 0 Å². The molecule has 0 aliphatic carbocycles. The lowest BCUT2D eigenvalue weighted by molar-refractivity contribution is -0.384. The summed E-state index contributed by atoms with van der Waals surface area (Å²) in [7, 11) is 2.03. The van der Waals surface area contributed by atoms with E-state index < -0.39 is 4.92 Å². The first-order valence-electron chi connectivity index (χ1n) is 7.91. The Morgan fingerprint density at radius 3 is 2.75 bits per heavy atom. The Morgan fingerprint density at radius 1 is 1.38 bits per heavy atom. The van der Waals surface area contributed by atoms with E-state index in [0.29, 0.717) is 23.3 Å². The first-order valence-corrected chi connectivity index (χ1v) is 7.91. The molecule has 2 heterocycles. The Labute approximate surface area is 139 Å². The number of nitrogens with zero attached hydrogens (tertiary/aromatic N) is 4. The van der Waals surface area contributed by atoms with Crippen molar-refractivity contribution in [1.29, 1.82) is 0 Å². The molecular weight excluding hydrogens is 312 g/mol. The molecule has 0 spiro atoms. The average molecular weight is 332 g/mol. The molecule has 0 unspecified atom stereocenters. The van der Waals surface area contributed by atoms with Crippen LogP contribution < -0.4 is 0 Å². The fourth-order valence-electron chi connectivity index (χ4n) is 2.73. The molecule has 0 bridgehead atoms. The number of non-ortho nitro benzene ring substituents is 1. The number of hydrogen-bond acceptors (Lipinski definition) is 7. The van der Waals surface area contributed by atoms with Gasteiger partial charge in [0.1, 0.15) is 0 Å². The highest BCUT2D eigenvalue weighted by Crippen LogP contribution is 2.26. The van der Waals surface area contributed by atoms with E-state index in [1.54, 1.807) is 12.1 Å². The molecule has 1 aromatic carbocycles. The van der Waals surface area contributed by atoms with Crippen molar-refractivity contribution in [2.24, 2.45) is 5.92 Å². The van der Waals surface area contributed by atoms with Crippen LogP contribution >= 0.6 is 0 Å². The molecule has 3 rings (SSSR count). The van der Waals surface area contributed by atoms with E-state index in [-0.39, 0.29) is 11.7 Å². The zero-order valence-electron chi connectivity index (χ0n) is 13.7. The van der Waals surface area contributed by atoms with Gasteiger partial charge in [-0.1, -0.05) is 0 Å². The molecule has 1 saturated heterocycles. The quantitative estimate of drug-likeness (QED) is 0.593. The van der Waals surface area contributed by atoms with Crippen molar-refractivity contribution in [2.75, 3.05) is 26.8 Å². The number of rotatable bonds is 6. The molecule has 0 radical (unpaired) electrons. The van der Waals surface area contributed by atoms with Crippen molar-refractivity contribution in [3.05, 3.63) is 40.3 Å². The highest BCUT2D eigenvalue weighted by atomic mass is 16.6. The summed E-state index contributed by atoms with van der Waals surface area (Å²) in [6.07, 6.45) is 1.08. The van der Waals surface area contributed by atoms with Crippen molar-refractivity contribution in [3.63, 3.8) is 0 Å². The Kier molecular flexibility index (Phi) is 4.86. The molecule has 2 atom stereocenters. The summed E-state index contributed by atoms with van der Waals surface area (Å²) in [5.74, 6) is 1.43. The second-order valence-electron chi connectivity index (χ2n) is 6.09. The third-order valence-electron chi connectivity index (χ3n) is 4.35. The van der Waals surface area contributed by atoms with E-state index >= 15 is 0 Å². The van der Waals surface area contributed by atoms with Crippen molar-refractivity contribution >= 4 is 5.69 Å². The lowest BCUT2D eigenvalue weighted by Crippen LogP contribution is -2.29. The molecule has 1 aliphatic heterocycles. The first-order chi connectivity index (χ1) is 11.5. The van der Waals surface area contributed by atoms with E-state index in [2.05, 4.69) is 15.1 Å². The molecule has 2 aromatic rings. The largest absolute Gasteiger partial charge is 0.419 e. The summed E-state index contributed by atoms with van der Waals surface area (Å²) in [4.78, 5) is 12.4. The minimum absolute atomic E-state index is 0.00935. The normalized spacial score (nSPS) is 18.9. The average Bonchev–Trinajstić information content (AvgIpc) is 3.26. The fourth-order valence-corrected chi connectivity index (χ4v) is 2.73. The van der Waals surface area contributed by atoms with Crippen LogP contribution in [0.1, 0.15) is 25.3 Å². The Morgan fingerprint density at radius 2 is 2.12 bits per heavy atom. The van der Waals surface area contributed by atoms with Gasteiger partial charge in [0.05, 0.1) is 17.6 Å². The maximum absolute atomic E-state index is 10.7. The Hall–Kier alpha value is -2.32. The summed E-state index contributed by atoms with van der Waals surface area (Å²) >= 11 is 0. The van der Waals surface area contributed by atoms with Crippen LogP contribution in [0.3, 0.4) is 0 Å². The SMILES string of the molecule is C[C@@H](c1nnc(-c2ccc([N+](=O)[O-])cc2)o1)N(C)C[C@@H]1CCOC1. The van der Waals surface area contributed by atoms with E-state index in [4.69, 9.17) is 9.15 Å². The first kappa shape index (κ1) is 16.5. The second-order valence-corrected chi connectivity index (χ2v) is 6.09. The number of hydrogen-bond donors (Lipinski definition) is 0. The third kappa shape index (κ3) is 3.60. The molecule has 1 aromatic heterocycles. The summed E-state index contributed by atoms with van der Waals surface area (Å²) in [5.41, 5.74) is 0.698. The van der Waals surface area contributed by atoms with Crippen LogP contribution in [-0.2, 0) is 4.74 Å². The smallest absolute Gasteiger partial charge is 0.269 e. The van der Waals surface area contributed by atoms with Crippen LogP contribution in [0.15, 0.2) is 28.7 Å². The lowest BCUT2D eigenvalue weighted by atomic mass is 10.1. The van der Waals surface area contributed by atoms with Gasteiger partial charge >= 0.3 is 0 Å². The standard InChI is InChI=1S/C16H20N4O4/c1-11(19(2)9-12-7-8-23-10-12)15-17-18-16(24-15)13-3-5-14(6-4-13)20(21)22/h3-6,11-12H,7-10H2,1-2H3/t11-,12-/m0/s1. The maximum atomic E-state index is 10.7. The van der Waals surface area contributed by atoms with Crippen LogP contribution in [0, 0.1) is 16.0 Å². The zero-order valence-corrected chi connectivity index (χ0v) is 13.7. The minimum atomic E-state index is -0.438. The van der Waals surface area contributed by atoms with Crippen LogP contribution in [0.4, 0.5) is 5.69 Å². The minimum Gasteiger partial charge on any atom is -0.419 e. The molecule has 8 nitrogen and oxygen atoms in total. The molecule has 128 valence electrons. The second kappa shape index (κ2) is 7.06. The van der Waals surface area contributed by atoms with Gasteiger partial charge in [-0.15, -0.1) is 10.2 Å². The van der Waals surface area contributed by atoms with Crippen LogP contribution in [-0.4, -0.2) is 46.8 Å².